The number of hydrogen-bond donors (Lipinski definition) is 2. The second kappa shape index (κ2) is 9.23. The van der Waals surface area contributed by atoms with Crippen molar-refractivity contribution >= 4 is 46.8 Å². The number of carbonyl (C=O) groups is 2. The van der Waals surface area contributed by atoms with Crippen LogP contribution in [0.1, 0.15) is 41.4 Å². The van der Waals surface area contributed by atoms with Gasteiger partial charge in [0.25, 0.3) is 0 Å². The van der Waals surface area contributed by atoms with Gasteiger partial charge in [0.05, 0.1) is 24.7 Å². The van der Waals surface area contributed by atoms with Crippen LogP contribution in [-0.4, -0.2) is 47.2 Å². The fraction of sp³-hybridized carbons (Fsp3) is 0.292. The number of benzene rings is 1. The summed E-state index contributed by atoms with van der Waals surface area (Å²) in [6, 6.07) is 5.61. The van der Waals surface area contributed by atoms with Gasteiger partial charge in [0.15, 0.2) is 17.8 Å². The van der Waals surface area contributed by atoms with Gasteiger partial charge in [-0.2, -0.15) is 0 Å². The summed E-state index contributed by atoms with van der Waals surface area (Å²) in [4.78, 5) is 32.1. The van der Waals surface area contributed by atoms with Crippen molar-refractivity contribution in [3.63, 3.8) is 0 Å². The number of imidazole rings is 1. The predicted octanol–water partition coefficient (Wildman–Crippen LogP) is 4.05. The summed E-state index contributed by atoms with van der Waals surface area (Å²) >= 11 is 0. The molecule has 0 spiro atoms. The number of aromatic nitrogens is 3. The van der Waals surface area contributed by atoms with E-state index >= 15 is 0 Å². The summed E-state index contributed by atoms with van der Waals surface area (Å²) in [5, 5.41) is 10.6. The first-order chi connectivity index (χ1) is 16.0. The smallest absolute Gasteiger partial charge is 0.228 e. The number of allylic oxidation sites excluding steroid dienone is 2. The first-order valence-electron chi connectivity index (χ1n) is 10.7. The quantitative estimate of drug-likeness (QED) is 0.399. The van der Waals surface area contributed by atoms with Gasteiger partial charge in [-0.25, -0.2) is 9.50 Å². The lowest BCUT2D eigenvalue weighted by molar-refractivity contribution is -0.117. The van der Waals surface area contributed by atoms with Crippen molar-refractivity contribution in [2.75, 3.05) is 24.8 Å². The second-order valence-electron chi connectivity index (χ2n) is 7.85. The number of amides is 1. The van der Waals surface area contributed by atoms with E-state index in [-0.39, 0.29) is 17.5 Å². The van der Waals surface area contributed by atoms with Crippen molar-refractivity contribution in [3.05, 3.63) is 47.3 Å². The Morgan fingerprint density at radius 3 is 2.73 bits per heavy atom. The molecule has 0 aliphatic heterocycles. The fourth-order valence-electron chi connectivity index (χ4n) is 3.70. The third-order valence-corrected chi connectivity index (χ3v) is 5.47. The highest BCUT2D eigenvalue weighted by Crippen LogP contribution is 2.38. The molecule has 2 N–H and O–H groups in total. The molecule has 1 amide bonds. The van der Waals surface area contributed by atoms with Crippen LogP contribution in [0.25, 0.3) is 11.2 Å². The number of anilines is 3. The van der Waals surface area contributed by atoms with Gasteiger partial charge >= 0.3 is 0 Å². The number of carbonyl (C=O) groups excluding carboxylic acids is 2. The van der Waals surface area contributed by atoms with Crippen LogP contribution in [0.3, 0.4) is 0 Å². The normalized spacial score (nSPS) is 14.0. The standard InChI is InChI=1S/C24H26N6O3/c1-5-15(11-25-3)21-14(2)6-9-18(22(21)33-4)27-19-10-20(28-24(32)16-7-8-16)29-30-12-17(13-31)26-23(19)30/h5-6,9-13,16,27H,7-8H2,1-4H3,(H,28,29,32)/b15-5+,25-11?. The Kier molecular flexibility index (Phi) is 6.21. The Balaban J connectivity index is 1.81. The van der Waals surface area contributed by atoms with Gasteiger partial charge in [-0.1, -0.05) is 12.1 Å². The van der Waals surface area contributed by atoms with Gasteiger partial charge in [-0.3, -0.25) is 14.6 Å². The van der Waals surface area contributed by atoms with Crippen LogP contribution in [0.4, 0.5) is 17.2 Å². The van der Waals surface area contributed by atoms with E-state index in [1.54, 1.807) is 26.4 Å². The van der Waals surface area contributed by atoms with Crippen LogP contribution in [0.5, 0.6) is 5.75 Å². The Morgan fingerprint density at radius 1 is 1.30 bits per heavy atom. The lowest BCUT2D eigenvalue weighted by Crippen LogP contribution is -2.15. The van der Waals surface area contributed by atoms with E-state index in [0.717, 1.165) is 29.5 Å². The topological polar surface area (TPSA) is 110 Å². The highest BCUT2D eigenvalue weighted by molar-refractivity contribution is 6.12. The molecule has 2 heterocycles. The maximum atomic E-state index is 12.3. The molecular weight excluding hydrogens is 420 g/mol. The SMILES string of the molecule is C/C=C(\C=NC)c1c(C)ccc(Nc2cc(NC(=O)C3CC3)nn3cc(C=O)nc23)c1OC. The first kappa shape index (κ1) is 22.2. The van der Waals surface area contributed by atoms with Crippen LogP contribution >= 0.6 is 0 Å². The molecule has 1 saturated carbocycles. The molecule has 9 heteroatoms. The minimum Gasteiger partial charge on any atom is -0.494 e. The van der Waals surface area contributed by atoms with E-state index in [0.29, 0.717) is 34.9 Å². The molecule has 1 aliphatic rings. The lowest BCUT2D eigenvalue weighted by Gasteiger charge is -2.18. The van der Waals surface area contributed by atoms with E-state index in [2.05, 4.69) is 25.7 Å². The van der Waals surface area contributed by atoms with Crippen molar-refractivity contribution in [1.29, 1.82) is 0 Å². The molecule has 33 heavy (non-hydrogen) atoms. The molecule has 0 bridgehead atoms. The summed E-state index contributed by atoms with van der Waals surface area (Å²) in [7, 11) is 3.34. The molecule has 0 atom stereocenters. The monoisotopic (exact) mass is 446 g/mol. The Hall–Kier alpha value is -4.01. The average molecular weight is 447 g/mol. The zero-order chi connectivity index (χ0) is 23.5. The van der Waals surface area contributed by atoms with E-state index in [1.807, 2.05) is 32.1 Å². The molecule has 0 radical (unpaired) electrons. The van der Waals surface area contributed by atoms with Crippen molar-refractivity contribution < 1.29 is 14.3 Å². The van der Waals surface area contributed by atoms with Crippen molar-refractivity contribution in [3.8, 4) is 5.75 Å². The van der Waals surface area contributed by atoms with Gasteiger partial charge in [0, 0.05) is 30.8 Å². The zero-order valence-corrected chi connectivity index (χ0v) is 19.0. The van der Waals surface area contributed by atoms with Crippen LogP contribution in [0.15, 0.2) is 35.5 Å². The highest BCUT2D eigenvalue weighted by atomic mass is 16.5. The Labute approximate surface area is 191 Å². The molecule has 4 rings (SSSR count). The van der Waals surface area contributed by atoms with Gasteiger partial charge in [-0.15, -0.1) is 5.10 Å². The zero-order valence-electron chi connectivity index (χ0n) is 19.0. The van der Waals surface area contributed by atoms with Gasteiger partial charge < -0.3 is 15.4 Å². The number of aryl methyl sites for hydroxylation is 1. The maximum Gasteiger partial charge on any atom is 0.228 e. The number of aldehydes is 1. The molecule has 0 saturated heterocycles. The van der Waals surface area contributed by atoms with Crippen LogP contribution in [0, 0.1) is 12.8 Å². The summed E-state index contributed by atoms with van der Waals surface area (Å²) in [6.45, 7) is 3.96. The molecule has 1 fully saturated rings. The number of fused-ring (bicyclic) bond motifs is 1. The molecule has 1 aromatic carbocycles. The molecule has 9 nitrogen and oxygen atoms in total. The number of nitrogens with one attached hydrogen (secondary N) is 2. The number of methoxy groups -OCH3 is 1. The van der Waals surface area contributed by atoms with Crippen molar-refractivity contribution in [2.24, 2.45) is 10.9 Å². The molecule has 0 unspecified atom stereocenters. The van der Waals surface area contributed by atoms with Gasteiger partial charge in [-0.05, 0) is 43.9 Å². The molecule has 2 aromatic heterocycles. The Morgan fingerprint density at radius 2 is 2.09 bits per heavy atom. The number of rotatable bonds is 8. The number of hydrogen-bond acceptors (Lipinski definition) is 7. The largest absolute Gasteiger partial charge is 0.494 e. The fourth-order valence-corrected chi connectivity index (χ4v) is 3.70. The summed E-state index contributed by atoms with van der Waals surface area (Å²) < 4.78 is 7.28. The van der Waals surface area contributed by atoms with Gasteiger partial charge in [0.2, 0.25) is 5.91 Å². The van der Waals surface area contributed by atoms with Gasteiger partial charge in [0.1, 0.15) is 11.4 Å². The van der Waals surface area contributed by atoms with E-state index < -0.39 is 0 Å². The maximum absolute atomic E-state index is 12.3. The molecule has 3 aromatic rings. The van der Waals surface area contributed by atoms with E-state index in [4.69, 9.17) is 4.74 Å². The predicted molar refractivity (Wildman–Crippen MR) is 129 cm³/mol. The second-order valence-corrected chi connectivity index (χ2v) is 7.85. The van der Waals surface area contributed by atoms with E-state index in [9.17, 15) is 9.59 Å². The Bertz CT molecular complexity index is 1290. The van der Waals surface area contributed by atoms with Crippen LogP contribution in [-0.2, 0) is 4.79 Å². The number of nitrogens with zero attached hydrogens (tertiary/aromatic N) is 4. The number of aliphatic imine (C=N–C) groups is 1. The van der Waals surface area contributed by atoms with Crippen LogP contribution in [0.2, 0.25) is 0 Å². The summed E-state index contributed by atoms with van der Waals surface area (Å²) in [5.74, 6) is 0.987. The van der Waals surface area contributed by atoms with Crippen molar-refractivity contribution in [1.82, 2.24) is 14.6 Å². The minimum atomic E-state index is -0.0599. The summed E-state index contributed by atoms with van der Waals surface area (Å²) in [6.07, 6.45) is 7.72. The third-order valence-electron chi connectivity index (χ3n) is 5.47. The first-order valence-corrected chi connectivity index (χ1v) is 10.7. The highest BCUT2D eigenvalue weighted by Gasteiger charge is 2.30. The molecular formula is C24H26N6O3. The summed E-state index contributed by atoms with van der Waals surface area (Å²) in [5.41, 5.74) is 4.84. The average Bonchev–Trinajstić information content (AvgIpc) is 3.58. The van der Waals surface area contributed by atoms with E-state index in [1.165, 1.54) is 10.7 Å². The van der Waals surface area contributed by atoms with Crippen LogP contribution < -0.4 is 15.4 Å². The molecule has 170 valence electrons. The third kappa shape index (κ3) is 4.48. The van der Waals surface area contributed by atoms with Crippen molar-refractivity contribution in [2.45, 2.75) is 26.7 Å². The molecule has 1 aliphatic carbocycles. The number of ether oxygens (including phenoxy) is 1. The minimum absolute atomic E-state index is 0.0338. The lowest BCUT2D eigenvalue weighted by atomic mass is 9.98.